The van der Waals surface area contributed by atoms with Crippen LogP contribution in [0.2, 0.25) is 0 Å². The Labute approximate surface area is 333 Å². The van der Waals surface area contributed by atoms with Crippen molar-refractivity contribution in [1.82, 2.24) is 24.1 Å². The van der Waals surface area contributed by atoms with Crippen LogP contribution < -0.4 is 0 Å². The largest absolute Gasteiger partial charge is 0.309 e. The number of aromatic nitrogens is 5. The first-order chi connectivity index (χ1) is 28.8. The smallest absolute Gasteiger partial charge is 0.164 e. The molecule has 0 amide bonds. The molecule has 3 aromatic heterocycles. The van der Waals surface area contributed by atoms with Gasteiger partial charge >= 0.3 is 0 Å². The van der Waals surface area contributed by atoms with Crippen molar-refractivity contribution in [2.75, 3.05) is 0 Å². The molecule has 270 valence electrons. The van der Waals surface area contributed by atoms with E-state index in [9.17, 15) is 0 Å². The lowest BCUT2D eigenvalue weighted by atomic mass is 9.97. The molecule has 58 heavy (non-hydrogen) atoms. The van der Waals surface area contributed by atoms with Gasteiger partial charge in [-0.3, -0.25) is 0 Å². The van der Waals surface area contributed by atoms with E-state index in [1.807, 2.05) is 0 Å². The van der Waals surface area contributed by atoms with E-state index in [4.69, 9.17) is 15.0 Å². The van der Waals surface area contributed by atoms with Gasteiger partial charge in [-0.25, -0.2) is 15.0 Å². The normalized spacial score (nSPS) is 11.8. The molecule has 0 aliphatic heterocycles. The van der Waals surface area contributed by atoms with E-state index in [1.54, 1.807) is 0 Å². The van der Waals surface area contributed by atoms with Crippen molar-refractivity contribution >= 4 is 65.2 Å². The van der Waals surface area contributed by atoms with Gasteiger partial charge in [0.15, 0.2) is 17.5 Å². The molecule has 0 saturated carbocycles. The van der Waals surface area contributed by atoms with E-state index in [1.165, 1.54) is 21.5 Å². The molecule has 5 heteroatoms. The van der Waals surface area contributed by atoms with Gasteiger partial charge in [-0.2, -0.15) is 0 Å². The van der Waals surface area contributed by atoms with Crippen LogP contribution in [0.3, 0.4) is 0 Å². The van der Waals surface area contributed by atoms with Crippen LogP contribution in [0.4, 0.5) is 0 Å². The number of rotatable bonds is 5. The number of para-hydroxylation sites is 4. The topological polar surface area (TPSA) is 48.5 Å². The molecule has 9 aromatic carbocycles. The number of fused-ring (bicyclic) bond motifs is 9. The van der Waals surface area contributed by atoms with Crippen LogP contribution in [0.15, 0.2) is 200 Å². The highest BCUT2D eigenvalue weighted by Crippen LogP contribution is 2.39. The van der Waals surface area contributed by atoms with Gasteiger partial charge in [-0.05, 0) is 100 Å². The lowest BCUT2D eigenvalue weighted by molar-refractivity contribution is 1.08. The number of benzene rings is 9. The minimum absolute atomic E-state index is 0.627. The molecule has 0 spiro atoms. The van der Waals surface area contributed by atoms with Crippen LogP contribution in [0.5, 0.6) is 0 Å². The molecule has 12 aromatic rings. The first-order valence-corrected chi connectivity index (χ1v) is 19.6. The molecule has 0 fully saturated rings. The van der Waals surface area contributed by atoms with Gasteiger partial charge in [0, 0.05) is 49.6 Å². The summed E-state index contributed by atoms with van der Waals surface area (Å²) in [4.78, 5) is 16.0. The fourth-order valence-corrected chi connectivity index (χ4v) is 8.93. The summed E-state index contributed by atoms with van der Waals surface area (Å²) < 4.78 is 4.67. The predicted molar refractivity (Wildman–Crippen MR) is 240 cm³/mol. The van der Waals surface area contributed by atoms with E-state index >= 15 is 0 Å². The second-order valence-corrected chi connectivity index (χ2v) is 14.8. The quantitative estimate of drug-likeness (QED) is 0.165. The fraction of sp³-hybridized carbons (Fsp3) is 0. The Kier molecular flexibility index (Phi) is 7.16. The van der Waals surface area contributed by atoms with Crippen molar-refractivity contribution in [3.63, 3.8) is 0 Å². The Hall–Kier alpha value is -7.89. The molecule has 0 N–H and O–H groups in total. The summed E-state index contributed by atoms with van der Waals surface area (Å²) in [5, 5.41) is 9.27. The van der Waals surface area contributed by atoms with E-state index < -0.39 is 0 Å². The standard InChI is InChI=1S/C53H33N5/c1-3-16-37(17-4-1)57-47-25-13-11-23-42(47)44-32-35(27-29-49(44)57)51-54-52(56-53(55-51)46-31-34-15-7-8-20-39(34)40-21-9-10-22-41(40)46)36-28-30-50-45(33-36)43-24-12-14-26-48(43)58(50)38-18-5-2-6-19-38/h1-33H. The molecule has 12 rings (SSSR count). The Morgan fingerprint density at radius 3 is 1.24 bits per heavy atom. The van der Waals surface area contributed by atoms with Gasteiger partial charge < -0.3 is 9.13 Å². The van der Waals surface area contributed by atoms with Crippen molar-refractivity contribution < 1.29 is 0 Å². The molecular weight excluding hydrogens is 707 g/mol. The zero-order valence-corrected chi connectivity index (χ0v) is 31.3. The van der Waals surface area contributed by atoms with Crippen molar-refractivity contribution in [2.24, 2.45) is 0 Å². The zero-order valence-electron chi connectivity index (χ0n) is 31.3. The molecule has 0 aliphatic rings. The molecule has 0 saturated heterocycles. The van der Waals surface area contributed by atoms with E-state index in [-0.39, 0.29) is 0 Å². The average Bonchev–Trinajstić information content (AvgIpc) is 3.81. The minimum Gasteiger partial charge on any atom is -0.309 e. The summed E-state index contributed by atoms with van der Waals surface area (Å²) in [5.74, 6) is 1.89. The average molecular weight is 740 g/mol. The van der Waals surface area contributed by atoms with Crippen LogP contribution in [0.25, 0.3) is 111 Å². The maximum absolute atomic E-state index is 5.33. The summed E-state index contributed by atoms with van der Waals surface area (Å²) in [7, 11) is 0. The van der Waals surface area contributed by atoms with Crippen LogP contribution in [0.1, 0.15) is 0 Å². The third kappa shape index (κ3) is 5.00. The Morgan fingerprint density at radius 1 is 0.276 bits per heavy atom. The molecular formula is C53H33N5. The number of hydrogen-bond acceptors (Lipinski definition) is 3. The first-order valence-electron chi connectivity index (χ1n) is 19.6. The molecule has 5 nitrogen and oxygen atoms in total. The van der Waals surface area contributed by atoms with Crippen molar-refractivity contribution in [3.8, 4) is 45.5 Å². The number of hydrogen-bond donors (Lipinski definition) is 0. The van der Waals surface area contributed by atoms with Gasteiger partial charge in [0.25, 0.3) is 0 Å². The third-order valence-corrected chi connectivity index (χ3v) is 11.5. The third-order valence-electron chi connectivity index (χ3n) is 11.5. The van der Waals surface area contributed by atoms with Gasteiger partial charge in [0.1, 0.15) is 0 Å². The van der Waals surface area contributed by atoms with Crippen LogP contribution in [-0.4, -0.2) is 24.1 Å². The highest BCUT2D eigenvalue weighted by molar-refractivity contribution is 6.14. The summed E-state index contributed by atoms with van der Waals surface area (Å²) >= 11 is 0. The number of nitrogens with zero attached hydrogens (tertiary/aromatic N) is 5. The lowest BCUT2D eigenvalue weighted by Gasteiger charge is -2.13. The Bertz CT molecular complexity index is 3390. The SMILES string of the molecule is c1ccc(-n2c3ccccc3c3cc(-c4nc(-c5ccc6c(c5)c5ccccc5n6-c5ccccc5)nc(-c5cc6ccccc6c6ccccc56)n4)ccc32)cc1. The van der Waals surface area contributed by atoms with Gasteiger partial charge in [0.2, 0.25) is 0 Å². The summed E-state index contributed by atoms with van der Waals surface area (Å²) in [6, 6.07) is 70.9. The zero-order chi connectivity index (χ0) is 38.2. The second-order valence-electron chi connectivity index (χ2n) is 14.8. The predicted octanol–water partition coefficient (Wildman–Crippen LogP) is 13.4. The van der Waals surface area contributed by atoms with Crippen LogP contribution in [0, 0.1) is 0 Å². The highest BCUT2D eigenvalue weighted by atomic mass is 15.0. The van der Waals surface area contributed by atoms with Gasteiger partial charge in [0.05, 0.1) is 22.1 Å². The fourth-order valence-electron chi connectivity index (χ4n) is 8.93. The summed E-state index contributed by atoms with van der Waals surface area (Å²) in [6.45, 7) is 0. The second kappa shape index (κ2) is 12.8. The first kappa shape index (κ1) is 32.4. The van der Waals surface area contributed by atoms with E-state index in [2.05, 4.69) is 209 Å². The molecule has 0 atom stereocenters. The maximum atomic E-state index is 5.33. The molecule has 0 unspecified atom stereocenters. The molecule has 3 heterocycles. The van der Waals surface area contributed by atoms with E-state index in [0.717, 1.165) is 71.7 Å². The molecule has 0 aliphatic carbocycles. The summed E-state index contributed by atoms with van der Waals surface area (Å²) in [6.07, 6.45) is 0. The van der Waals surface area contributed by atoms with E-state index in [0.29, 0.717) is 17.5 Å². The Balaban J connectivity index is 1.12. The van der Waals surface area contributed by atoms with Crippen LogP contribution in [-0.2, 0) is 0 Å². The van der Waals surface area contributed by atoms with Gasteiger partial charge in [-0.15, -0.1) is 0 Å². The summed E-state index contributed by atoms with van der Waals surface area (Å²) in [5.41, 5.74) is 9.66. The minimum atomic E-state index is 0.627. The molecule has 0 bridgehead atoms. The van der Waals surface area contributed by atoms with Crippen molar-refractivity contribution in [2.45, 2.75) is 0 Å². The van der Waals surface area contributed by atoms with Crippen molar-refractivity contribution in [1.29, 1.82) is 0 Å². The molecule has 0 radical (unpaired) electrons. The maximum Gasteiger partial charge on any atom is 0.164 e. The Morgan fingerprint density at radius 2 is 0.690 bits per heavy atom. The van der Waals surface area contributed by atoms with Gasteiger partial charge in [-0.1, -0.05) is 121 Å². The highest BCUT2D eigenvalue weighted by Gasteiger charge is 2.20. The monoisotopic (exact) mass is 739 g/mol. The van der Waals surface area contributed by atoms with Crippen molar-refractivity contribution in [3.05, 3.63) is 200 Å². The van der Waals surface area contributed by atoms with Crippen LogP contribution >= 0.6 is 0 Å². The lowest BCUT2D eigenvalue weighted by Crippen LogP contribution is -2.01.